The minimum atomic E-state index is 0.0360. The van der Waals surface area contributed by atoms with E-state index in [0.29, 0.717) is 13.1 Å². The Morgan fingerprint density at radius 2 is 2.13 bits per heavy atom. The Kier molecular flexibility index (Phi) is 5.05. The lowest BCUT2D eigenvalue weighted by Gasteiger charge is -2.22. The second-order valence-corrected chi connectivity index (χ2v) is 7.56. The summed E-state index contributed by atoms with van der Waals surface area (Å²) < 4.78 is 1.19. The van der Waals surface area contributed by atoms with Crippen LogP contribution < -0.4 is 5.32 Å². The summed E-state index contributed by atoms with van der Waals surface area (Å²) in [5, 5.41) is 6.02. The average Bonchev–Trinajstić information content (AvgIpc) is 3.21. The summed E-state index contributed by atoms with van der Waals surface area (Å²) in [5.41, 5.74) is 1.02. The van der Waals surface area contributed by atoms with Crippen molar-refractivity contribution in [2.75, 3.05) is 13.6 Å². The Balaban J connectivity index is 1.58. The van der Waals surface area contributed by atoms with Crippen molar-refractivity contribution in [3.63, 3.8) is 0 Å². The third-order valence-electron chi connectivity index (χ3n) is 3.76. The Morgan fingerprint density at radius 1 is 1.30 bits per heavy atom. The lowest BCUT2D eigenvalue weighted by atomic mass is 10.3. The van der Waals surface area contributed by atoms with Crippen molar-refractivity contribution in [2.45, 2.75) is 19.5 Å². The summed E-state index contributed by atoms with van der Waals surface area (Å²) in [7, 11) is 1.96. The van der Waals surface area contributed by atoms with Gasteiger partial charge in [0.25, 0.3) is 0 Å². The van der Waals surface area contributed by atoms with Crippen molar-refractivity contribution in [1.29, 1.82) is 0 Å². The minimum Gasteiger partial charge on any atom is -0.350 e. The van der Waals surface area contributed by atoms with Gasteiger partial charge in [-0.3, -0.25) is 9.69 Å². The number of hydrogen-bond donors (Lipinski definition) is 1. The van der Waals surface area contributed by atoms with Gasteiger partial charge in [-0.25, -0.2) is 4.98 Å². The topological polar surface area (TPSA) is 45.2 Å². The van der Waals surface area contributed by atoms with Gasteiger partial charge in [-0.2, -0.15) is 0 Å². The SMILES string of the molecule is C[C@@H](c1nc2ccccc2s1)N(C)CC(=O)NCc1cccs1. The second-order valence-electron chi connectivity index (χ2n) is 5.47. The number of likely N-dealkylation sites (N-methyl/N-ethyl adjacent to an activating group) is 1. The van der Waals surface area contributed by atoms with E-state index >= 15 is 0 Å². The average molecular weight is 345 g/mol. The van der Waals surface area contributed by atoms with Crippen LogP contribution in [0.5, 0.6) is 0 Å². The zero-order valence-electron chi connectivity index (χ0n) is 13.2. The predicted octanol–water partition coefficient (Wildman–Crippen LogP) is 3.67. The van der Waals surface area contributed by atoms with Gasteiger partial charge in [0.15, 0.2) is 0 Å². The molecule has 1 atom stereocenters. The lowest BCUT2D eigenvalue weighted by Crippen LogP contribution is -2.35. The highest BCUT2D eigenvalue weighted by atomic mass is 32.1. The smallest absolute Gasteiger partial charge is 0.234 e. The molecule has 0 aliphatic carbocycles. The molecule has 0 spiro atoms. The van der Waals surface area contributed by atoms with Crippen molar-refractivity contribution < 1.29 is 4.79 Å². The minimum absolute atomic E-state index is 0.0360. The first-order valence-electron chi connectivity index (χ1n) is 7.48. The molecule has 0 bridgehead atoms. The number of para-hydroxylation sites is 1. The molecule has 0 saturated carbocycles. The summed E-state index contributed by atoms with van der Waals surface area (Å²) in [6.07, 6.45) is 0. The number of rotatable bonds is 6. The number of thiazole rings is 1. The van der Waals surface area contributed by atoms with Crippen LogP contribution in [0.1, 0.15) is 22.9 Å². The molecule has 3 aromatic rings. The number of nitrogens with zero attached hydrogens (tertiary/aromatic N) is 2. The highest BCUT2D eigenvalue weighted by molar-refractivity contribution is 7.18. The molecule has 0 fully saturated rings. The van der Waals surface area contributed by atoms with Crippen LogP contribution in [0.3, 0.4) is 0 Å². The summed E-state index contributed by atoms with van der Waals surface area (Å²) in [6.45, 7) is 3.05. The molecule has 0 radical (unpaired) electrons. The summed E-state index contributed by atoms with van der Waals surface area (Å²) in [6, 6.07) is 12.3. The molecule has 2 heterocycles. The number of aromatic nitrogens is 1. The Labute approximate surface area is 143 Å². The molecule has 6 heteroatoms. The maximum absolute atomic E-state index is 12.1. The molecule has 0 unspecified atom stereocenters. The normalized spacial score (nSPS) is 12.7. The van der Waals surface area contributed by atoms with E-state index in [-0.39, 0.29) is 11.9 Å². The number of fused-ring (bicyclic) bond motifs is 1. The molecular weight excluding hydrogens is 326 g/mol. The molecule has 2 aromatic heterocycles. The fourth-order valence-electron chi connectivity index (χ4n) is 2.28. The number of carbonyl (C=O) groups is 1. The van der Waals surface area contributed by atoms with Crippen LogP contribution in [0.15, 0.2) is 41.8 Å². The van der Waals surface area contributed by atoms with Gasteiger partial charge < -0.3 is 5.32 Å². The Hall–Kier alpha value is -1.76. The molecule has 23 heavy (non-hydrogen) atoms. The number of hydrogen-bond acceptors (Lipinski definition) is 5. The first-order chi connectivity index (χ1) is 11.1. The Bertz CT molecular complexity index is 749. The van der Waals surface area contributed by atoms with E-state index in [1.807, 2.05) is 47.7 Å². The second kappa shape index (κ2) is 7.21. The van der Waals surface area contributed by atoms with E-state index in [0.717, 1.165) is 10.5 Å². The zero-order chi connectivity index (χ0) is 16.2. The third-order valence-corrected chi connectivity index (χ3v) is 5.84. The summed E-state index contributed by atoms with van der Waals surface area (Å²) >= 11 is 3.34. The zero-order valence-corrected chi connectivity index (χ0v) is 14.8. The fraction of sp³-hybridized carbons (Fsp3) is 0.294. The number of benzene rings is 1. The van der Waals surface area contributed by atoms with E-state index in [9.17, 15) is 4.79 Å². The molecular formula is C17H19N3OS2. The predicted molar refractivity (Wildman–Crippen MR) is 96.8 cm³/mol. The largest absolute Gasteiger partial charge is 0.350 e. The van der Waals surface area contributed by atoms with Gasteiger partial charge >= 0.3 is 0 Å². The van der Waals surface area contributed by atoms with Crippen LogP contribution in [0, 0.1) is 0 Å². The summed E-state index contributed by atoms with van der Waals surface area (Å²) in [5.74, 6) is 0.0360. The molecule has 1 amide bonds. The van der Waals surface area contributed by atoms with Gasteiger partial charge in [0, 0.05) is 4.88 Å². The van der Waals surface area contributed by atoms with Crippen LogP contribution in [0.4, 0.5) is 0 Å². The van der Waals surface area contributed by atoms with E-state index in [4.69, 9.17) is 0 Å². The Morgan fingerprint density at radius 3 is 2.87 bits per heavy atom. The number of nitrogens with one attached hydrogen (secondary N) is 1. The van der Waals surface area contributed by atoms with Crippen molar-refractivity contribution in [2.24, 2.45) is 0 Å². The summed E-state index contributed by atoms with van der Waals surface area (Å²) in [4.78, 5) is 20.0. The molecule has 0 aliphatic heterocycles. The molecule has 1 aromatic carbocycles. The first-order valence-corrected chi connectivity index (χ1v) is 9.18. The standard InChI is InChI=1S/C17H19N3OS2/c1-12(17-19-14-7-3-4-8-15(14)23-17)20(2)11-16(21)18-10-13-6-5-9-22-13/h3-9,12H,10-11H2,1-2H3,(H,18,21)/t12-/m0/s1. The fourth-order valence-corrected chi connectivity index (χ4v) is 4.00. The van der Waals surface area contributed by atoms with Gasteiger partial charge in [0.05, 0.1) is 29.3 Å². The van der Waals surface area contributed by atoms with E-state index in [2.05, 4.69) is 23.3 Å². The van der Waals surface area contributed by atoms with Gasteiger partial charge in [-0.1, -0.05) is 18.2 Å². The number of thiophene rings is 1. The molecule has 0 aliphatic rings. The van der Waals surface area contributed by atoms with Crippen LogP contribution >= 0.6 is 22.7 Å². The van der Waals surface area contributed by atoms with Crippen LogP contribution in [-0.2, 0) is 11.3 Å². The molecule has 4 nitrogen and oxygen atoms in total. The first kappa shape index (κ1) is 16.1. The van der Waals surface area contributed by atoms with Gasteiger partial charge in [0.2, 0.25) is 5.91 Å². The maximum Gasteiger partial charge on any atom is 0.234 e. The van der Waals surface area contributed by atoms with Gasteiger partial charge in [0.1, 0.15) is 5.01 Å². The van der Waals surface area contributed by atoms with Crippen LogP contribution in [-0.4, -0.2) is 29.4 Å². The number of amides is 1. The number of carbonyl (C=O) groups excluding carboxylic acids is 1. The molecule has 120 valence electrons. The van der Waals surface area contributed by atoms with E-state index in [1.165, 1.54) is 9.58 Å². The van der Waals surface area contributed by atoms with E-state index < -0.39 is 0 Å². The highest BCUT2D eigenvalue weighted by Crippen LogP contribution is 2.28. The maximum atomic E-state index is 12.1. The van der Waals surface area contributed by atoms with Crippen molar-refractivity contribution in [3.05, 3.63) is 51.7 Å². The molecule has 3 rings (SSSR count). The molecule has 1 N–H and O–H groups in total. The third kappa shape index (κ3) is 3.96. The van der Waals surface area contributed by atoms with Crippen LogP contribution in [0.2, 0.25) is 0 Å². The van der Waals surface area contributed by atoms with Crippen molar-refractivity contribution in [3.8, 4) is 0 Å². The van der Waals surface area contributed by atoms with Crippen molar-refractivity contribution in [1.82, 2.24) is 15.2 Å². The van der Waals surface area contributed by atoms with Crippen molar-refractivity contribution >= 4 is 38.8 Å². The quantitative estimate of drug-likeness (QED) is 0.741. The van der Waals surface area contributed by atoms with Crippen LogP contribution in [0.25, 0.3) is 10.2 Å². The monoisotopic (exact) mass is 345 g/mol. The lowest BCUT2D eigenvalue weighted by molar-refractivity contribution is -0.122. The molecule has 0 saturated heterocycles. The van der Waals surface area contributed by atoms with Gasteiger partial charge in [-0.05, 0) is 37.6 Å². The van der Waals surface area contributed by atoms with E-state index in [1.54, 1.807) is 22.7 Å². The van der Waals surface area contributed by atoms with Gasteiger partial charge in [-0.15, -0.1) is 22.7 Å². The highest BCUT2D eigenvalue weighted by Gasteiger charge is 2.18.